The number of rotatable bonds is 6. The fourth-order valence-electron chi connectivity index (χ4n) is 4.74. The van der Waals surface area contributed by atoms with Gasteiger partial charge in [-0.25, -0.2) is 4.79 Å². The number of Topliss-reactive ketones (excluding diaryl/α,β-unsaturated/α-hetero) is 1. The smallest absolute Gasteiger partial charge is 0.319 e. The number of hydrogen-bond donors (Lipinski definition) is 1. The number of imide groups is 1. The minimum Gasteiger partial charge on any atom is -0.319 e. The lowest BCUT2D eigenvalue weighted by atomic mass is 9.84. The van der Waals surface area contributed by atoms with Gasteiger partial charge in [0, 0.05) is 5.56 Å². The zero-order valence-electron chi connectivity index (χ0n) is 17.4. The Kier molecular flexibility index (Phi) is 5.71. The maximum atomic E-state index is 13.2. The summed E-state index contributed by atoms with van der Waals surface area (Å²) in [4.78, 5) is 39.7. The molecule has 1 N–H and O–H groups in total. The Morgan fingerprint density at radius 2 is 1.67 bits per heavy atom. The van der Waals surface area contributed by atoms with Crippen LogP contribution in [-0.2, 0) is 10.3 Å². The van der Waals surface area contributed by atoms with Gasteiger partial charge < -0.3 is 5.32 Å². The Hall–Kier alpha value is -2.95. The van der Waals surface area contributed by atoms with Crippen molar-refractivity contribution < 1.29 is 14.4 Å². The van der Waals surface area contributed by atoms with Gasteiger partial charge >= 0.3 is 6.03 Å². The Morgan fingerprint density at radius 3 is 2.30 bits per heavy atom. The second kappa shape index (κ2) is 8.42. The van der Waals surface area contributed by atoms with Gasteiger partial charge in [0.25, 0.3) is 5.91 Å². The fourth-order valence-corrected chi connectivity index (χ4v) is 4.74. The predicted octanol–water partition coefficient (Wildman–Crippen LogP) is 4.77. The van der Waals surface area contributed by atoms with E-state index in [1.165, 1.54) is 37.7 Å². The third kappa shape index (κ3) is 3.64. The van der Waals surface area contributed by atoms with Crippen LogP contribution in [0.1, 0.15) is 72.9 Å². The van der Waals surface area contributed by atoms with Crippen molar-refractivity contribution in [2.75, 3.05) is 6.54 Å². The number of carbonyl (C=O) groups is 3. The topological polar surface area (TPSA) is 66.5 Å². The summed E-state index contributed by atoms with van der Waals surface area (Å²) in [6.45, 7) is 1.61. The lowest BCUT2D eigenvalue weighted by Gasteiger charge is -2.25. The van der Waals surface area contributed by atoms with E-state index < -0.39 is 11.6 Å². The van der Waals surface area contributed by atoms with E-state index in [4.69, 9.17) is 0 Å². The van der Waals surface area contributed by atoms with E-state index in [-0.39, 0.29) is 18.2 Å². The number of hydrogen-bond acceptors (Lipinski definition) is 3. The van der Waals surface area contributed by atoms with Crippen molar-refractivity contribution in [1.29, 1.82) is 0 Å². The zero-order chi connectivity index (χ0) is 21.1. The van der Waals surface area contributed by atoms with E-state index >= 15 is 0 Å². The fraction of sp³-hybridized carbons (Fsp3) is 0.400. The van der Waals surface area contributed by atoms with Gasteiger partial charge in [0.15, 0.2) is 5.78 Å². The minimum atomic E-state index is -1.11. The highest BCUT2D eigenvalue weighted by Crippen LogP contribution is 2.34. The highest BCUT2D eigenvalue weighted by Gasteiger charge is 2.51. The molecule has 1 aliphatic heterocycles. The van der Waals surface area contributed by atoms with Crippen LogP contribution >= 0.6 is 0 Å². The summed E-state index contributed by atoms with van der Waals surface area (Å²) >= 11 is 0. The van der Waals surface area contributed by atoms with E-state index in [0.29, 0.717) is 17.9 Å². The molecule has 5 heteroatoms. The number of benzene rings is 2. The van der Waals surface area contributed by atoms with Crippen molar-refractivity contribution in [1.82, 2.24) is 10.2 Å². The summed E-state index contributed by atoms with van der Waals surface area (Å²) in [7, 11) is 0. The molecule has 0 spiro atoms. The molecule has 0 aromatic heterocycles. The molecule has 4 rings (SSSR count). The number of nitrogens with one attached hydrogen (secondary N) is 1. The highest BCUT2D eigenvalue weighted by atomic mass is 16.2. The van der Waals surface area contributed by atoms with Crippen LogP contribution in [0.15, 0.2) is 54.6 Å². The van der Waals surface area contributed by atoms with Crippen LogP contribution < -0.4 is 5.32 Å². The Morgan fingerprint density at radius 1 is 1.00 bits per heavy atom. The average molecular weight is 405 g/mol. The quantitative estimate of drug-likeness (QED) is 0.557. The molecule has 1 saturated carbocycles. The predicted molar refractivity (Wildman–Crippen MR) is 115 cm³/mol. The number of amides is 3. The van der Waals surface area contributed by atoms with Gasteiger partial charge in [-0.3, -0.25) is 14.5 Å². The summed E-state index contributed by atoms with van der Waals surface area (Å²) in [6, 6.07) is 16.4. The van der Waals surface area contributed by atoms with Crippen molar-refractivity contribution in [3.8, 4) is 0 Å². The molecule has 2 aliphatic rings. The summed E-state index contributed by atoms with van der Waals surface area (Å²) in [5.74, 6) is -0.0214. The third-order valence-electron chi connectivity index (χ3n) is 6.58. The number of nitrogens with zero attached hydrogens (tertiary/aromatic N) is 1. The van der Waals surface area contributed by atoms with Crippen LogP contribution in [0.3, 0.4) is 0 Å². The van der Waals surface area contributed by atoms with Crippen LogP contribution in [0.2, 0.25) is 0 Å². The molecular formula is C25H28N2O3. The maximum Gasteiger partial charge on any atom is 0.325 e. The van der Waals surface area contributed by atoms with Crippen molar-refractivity contribution in [2.24, 2.45) is 0 Å². The molecule has 1 heterocycles. The van der Waals surface area contributed by atoms with Crippen LogP contribution in [0.25, 0.3) is 0 Å². The van der Waals surface area contributed by atoms with Gasteiger partial charge in [-0.15, -0.1) is 0 Å². The summed E-state index contributed by atoms with van der Waals surface area (Å²) in [6.07, 6.45) is 6.66. The Labute approximate surface area is 177 Å². The van der Waals surface area contributed by atoms with Gasteiger partial charge in [-0.2, -0.15) is 0 Å². The second-order valence-electron chi connectivity index (χ2n) is 8.33. The van der Waals surface area contributed by atoms with Gasteiger partial charge in [0.05, 0.1) is 6.54 Å². The zero-order valence-corrected chi connectivity index (χ0v) is 17.4. The molecule has 1 saturated heterocycles. The van der Waals surface area contributed by atoms with Gasteiger partial charge in [-0.05, 0) is 36.3 Å². The molecule has 1 aliphatic carbocycles. The van der Waals surface area contributed by atoms with Crippen LogP contribution in [0.4, 0.5) is 4.79 Å². The lowest BCUT2D eigenvalue weighted by molar-refractivity contribution is -0.131. The van der Waals surface area contributed by atoms with E-state index in [0.717, 1.165) is 10.5 Å². The molecule has 0 unspecified atom stereocenters. The summed E-state index contributed by atoms with van der Waals surface area (Å²) in [5.41, 5.74) is 1.43. The lowest BCUT2D eigenvalue weighted by Crippen LogP contribution is -2.43. The normalized spacial score (nSPS) is 22.2. The average Bonchev–Trinajstić information content (AvgIpc) is 3.05. The van der Waals surface area contributed by atoms with Gasteiger partial charge in [0.2, 0.25) is 0 Å². The molecule has 30 heavy (non-hydrogen) atoms. The minimum absolute atomic E-state index is 0.228. The molecular weight excluding hydrogens is 376 g/mol. The van der Waals surface area contributed by atoms with Gasteiger partial charge in [-0.1, -0.05) is 80.8 Å². The molecule has 1 atom stereocenters. The first-order valence-corrected chi connectivity index (χ1v) is 10.9. The Bertz CT molecular complexity index is 933. The summed E-state index contributed by atoms with van der Waals surface area (Å²) < 4.78 is 0. The van der Waals surface area contributed by atoms with E-state index in [1.807, 2.05) is 61.5 Å². The van der Waals surface area contributed by atoms with Gasteiger partial charge in [0.1, 0.15) is 5.54 Å². The van der Waals surface area contributed by atoms with Crippen molar-refractivity contribution in [2.45, 2.75) is 56.9 Å². The standard InChI is InChI=1S/C25H28N2O3/c1-2-25(21-11-7-4-8-12-21)23(29)27(24(30)26-25)17-22(28)20-15-13-19(14-16-20)18-9-5-3-6-10-18/h4,7-8,11-16,18H,2-3,5-6,9-10,17H2,1H3,(H,26,30)/t25-/m0/s1. The number of urea groups is 1. The maximum absolute atomic E-state index is 13.2. The van der Waals surface area contributed by atoms with E-state index in [1.54, 1.807) is 0 Å². The van der Waals surface area contributed by atoms with Crippen molar-refractivity contribution in [3.63, 3.8) is 0 Å². The molecule has 2 fully saturated rings. The highest BCUT2D eigenvalue weighted by molar-refractivity contribution is 6.11. The first kappa shape index (κ1) is 20.3. The molecule has 0 bridgehead atoms. The van der Waals surface area contributed by atoms with Crippen LogP contribution in [-0.4, -0.2) is 29.2 Å². The second-order valence-corrected chi connectivity index (χ2v) is 8.33. The first-order valence-electron chi connectivity index (χ1n) is 10.9. The molecule has 156 valence electrons. The van der Waals surface area contributed by atoms with E-state index in [9.17, 15) is 14.4 Å². The Balaban J connectivity index is 1.49. The van der Waals surface area contributed by atoms with Crippen LogP contribution in [0, 0.1) is 0 Å². The first-order chi connectivity index (χ1) is 14.5. The molecule has 2 aromatic carbocycles. The van der Waals surface area contributed by atoms with Crippen molar-refractivity contribution in [3.05, 3.63) is 71.3 Å². The largest absolute Gasteiger partial charge is 0.325 e. The number of ketones is 1. The molecule has 5 nitrogen and oxygen atoms in total. The summed E-state index contributed by atoms with van der Waals surface area (Å²) in [5, 5.41) is 2.83. The van der Waals surface area contributed by atoms with Crippen molar-refractivity contribution >= 4 is 17.7 Å². The number of carbonyl (C=O) groups excluding carboxylic acids is 3. The van der Waals surface area contributed by atoms with Crippen LogP contribution in [0.5, 0.6) is 0 Å². The SMILES string of the molecule is CC[C@@]1(c2ccccc2)NC(=O)N(CC(=O)c2ccc(C3CCCCC3)cc2)C1=O. The molecule has 2 aromatic rings. The monoisotopic (exact) mass is 404 g/mol. The molecule has 3 amide bonds. The molecule has 0 radical (unpaired) electrons. The van der Waals surface area contributed by atoms with E-state index in [2.05, 4.69) is 5.32 Å². The third-order valence-corrected chi connectivity index (χ3v) is 6.58.